The van der Waals surface area contributed by atoms with E-state index in [1.807, 2.05) is 20.8 Å². The van der Waals surface area contributed by atoms with E-state index < -0.39 is 22.7 Å². The summed E-state index contributed by atoms with van der Waals surface area (Å²) < 4.78 is 6.63. The second-order valence-electron chi connectivity index (χ2n) is 10.4. The van der Waals surface area contributed by atoms with Gasteiger partial charge in [0.15, 0.2) is 0 Å². The van der Waals surface area contributed by atoms with Crippen molar-refractivity contribution in [2.24, 2.45) is 23.2 Å². The number of nitriles is 1. The zero-order chi connectivity index (χ0) is 20.3. The van der Waals surface area contributed by atoms with Gasteiger partial charge in [-0.05, 0) is 85.0 Å². The Morgan fingerprint density at radius 1 is 1.07 bits per heavy atom. The van der Waals surface area contributed by atoms with Crippen molar-refractivity contribution in [3.05, 3.63) is 11.4 Å². The van der Waals surface area contributed by atoms with E-state index in [0.717, 1.165) is 32.1 Å². The van der Waals surface area contributed by atoms with Gasteiger partial charge in [-0.2, -0.15) is 5.26 Å². The van der Waals surface area contributed by atoms with E-state index in [1.165, 1.54) is 0 Å². The largest absolute Gasteiger partial charge is 0.382 e. The van der Waals surface area contributed by atoms with E-state index >= 15 is 0 Å². The van der Waals surface area contributed by atoms with Crippen LogP contribution >= 0.6 is 11.6 Å². The zero-order valence-corrected chi connectivity index (χ0v) is 18.0. The molecular formula is C22H33ClN2O2. The molecule has 0 radical (unpaired) electrons. The molecular weight excluding hydrogens is 360 g/mol. The minimum Gasteiger partial charge on any atom is -0.382 e. The highest BCUT2D eigenvalue weighted by Gasteiger charge is 2.64. The lowest BCUT2D eigenvalue weighted by Gasteiger charge is -2.58. The molecule has 2 aliphatic carbocycles. The minimum atomic E-state index is -1.01. The van der Waals surface area contributed by atoms with Gasteiger partial charge in [-0.15, -0.1) is 11.6 Å². The summed E-state index contributed by atoms with van der Waals surface area (Å²) >= 11 is 6.52. The third-order valence-electron chi connectivity index (χ3n) is 8.01. The predicted octanol–water partition coefficient (Wildman–Crippen LogP) is 4.95. The van der Waals surface area contributed by atoms with Crippen LogP contribution in [0, 0.1) is 41.1 Å². The Labute approximate surface area is 169 Å². The Morgan fingerprint density at radius 2 is 1.70 bits per heavy atom. The van der Waals surface area contributed by atoms with Crippen molar-refractivity contribution in [3.63, 3.8) is 0 Å². The molecule has 0 aromatic heterocycles. The smallest absolute Gasteiger partial charge is 0.255 e. The topological polar surface area (TPSA) is 57.6 Å². The van der Waals surface area contributed by atoms with Crippen molar-refractivity contribution < 1.29 is 9.84 Å². The zero-order valence-electron chi connectivity index (χ0n) is 17.3. The van der Waals surface area contributed by atoms with Crippen molar-refractivity contribution in [2.45, 2.75) is 101 Å². The van der Waals surface area contributed by atoms with Crippen LogP contribution in [0.3, 0.4) is 0 Å². The molecule has 0 spiro atoms. The first-order valence-electron chi connectivity index (χ1n) is 10.2. The second-order valence-corrected chi connectivity index (χ2v) is 10.9. The second kappa shape index (κ2) is 6.62. The average Bonchev–Trinajstić information content (AvgIpc) is 2.57. The van der Waals surface area contributed by atoms with E-state index in [2.05, 4.69) is 17.8 Å². The summed E-state index contributed by atoms with van der Waals surface area (Å²) in [6, 6.07) is 2.07. The van der Waals surface area contributed by atoms with Crippen molar-refractivity contribution in [1.82, 2.24) is 0 Å². The normalized spacial score (nSPS) is 52.3. The van der Waals surface area contributed by atoms with Crippen LogP contribution in [-0.2, 0) is 4.74 Å². The number of ether oxygens (including phenoxy) is 1. The van der Waals surface area contributed by atoms with Gasteiger partial charge in [-0.3, -0.25) is 0 Å². The highest BCUT2D eigenvalue weighted by atomic mass is 35.5. The number of fused-ring (bicyclic) bond motifs is 1. The molecule has 1 aliphatic heterocycles. The lowest BCUT2D eigenvalue weighted by Crippen LogP contribution is -2.63. The van der Waals surface area contributed by atoms with Crippen LogP contribution in [0.15, 0.2) is 0 Å². The van der Waals surface area contributed by atoms with Gasteiger partial charge in [0.1, 0.15) is 5.60 Å². The molecule has 8 atom stereocenters. The monoisotopic (exact) mass is 392 g/mol. The first kappa shape index (κ1) is 20.9. The molecule has 150 valence electrons. The summed E-state index contributed by atoms with van der Waals surface area (Å²) in [5.41, 5.74) is -2.25. The predicted molar refractivity (Wildman–Crippen MR) is 106 cm³/mol. The molecule has 2 saturated carbocycles. The summed E-state index contributed by atoms with van der Waals surface area (Å²) in [7, 11) is 0. The van der Waals surface area contributed by atoms with Crippen LogP contribution in [-0.4, -0.2) is 33.3 Å². The summed E-state index contributed by atoms with van der Waals surface area (Å²) in [5.74, 6) is 0.244. The molecule has 0 unspecified atom stereocenters. The Hall–Kier alpha value is -0.810. The Morgan fingerprint density at radius 3 is 2.26 bits per heavy atom. The van der Waals surface area contributed by atoms with Crippen LogP contribution in [0.4, 0.5) is 0 Å². The number of hydrogen-bond donors (Lipinski definition) is 1. The molecule has 0 aromatic carbocycles. The number of nitrogens with zero attached hydrogens (tertiary/aromatic N) is 2. The van der Waals surface area contributed by atoms with Crippen LogP contribution in [0.25, 0.3) is 4.85 Å². The number of rotatable bonds is 1. The maximum Gasteiger partial charge on any atom is 0.255 e. The van der Waals surface area contributed by atoms with Gasteiger partial charge in [0.05, 0.1) is 28.1 Å². The number of aliphatic hydroxyl groups is 1. The van der Waals surface area contributed by atoms with Crippen molar-refractivity contribution in [1.29, 1.82) is 5.26 Å². The summed E-state index contributed by atoms with van der Waals surface area (Å²) in [5, 5.41) is 20.9. The Kier molecular flexibility index (Phi) is 5.13. The molecule has 1 saturated heterocycles. The minimum absolute atomic E-state index is 0.0274. The summed E-state index contributed by atoms with van der Waals surface area (Å²) in [6.45, 7) is 18.0. The molecule has 3 rings (SSSR count). The van der Waals surface area contributed by atoms with Gasteiger partial charge in [0.25, 0.3) is 6.04 Å². The fourth-order valence-corrected chi connectivity index (χ4v) is 6.47. The molecule has 1 N–H and O–H groups in total. The van der Waals surface area contributed by atoms with Gasteiger partial charge in [-0.25, -0.2) is 6.57 Å². The van der Waals surface area contributed by atoms with E-state index in [4.69, 9.17) is 22.9 Å². The van der Waals surface area contributed by atoms with Gasteiger partial charge in [0.2, 0.25) is 0 Å². The van der Waals surface area contributed by atoms with E-state index in [1.54, 1.807) is 6.92 Å². The van der Waals surface area contributed by atoms with Gasteiger partial charge < -0.3 is 14.7 Å². The molecule has 27 heavy (non-hydrogen) atoms. The molecule has 0 bridgehead atoms. The molecule has 1 heterocycles. The van der Waals surface area contributed by atoms with Crippen molar-refractivity contribution in [2.75, 3.05) is 0 Å². The highest BCUT2D eigenvalue weighted by Crippen LogP contribution is 2.60. The fourth-order valence-electron chi connectivity index (χ4n) is 6.31. The quantitative estimate of drug-likeness (QED) is 0.507. The first-order valence-corrected chi connectivity index (χ1v) is 10.7. The van der Waals surface area contributed by atoms with Crippen LogP contribution in [0.2, 0.25) is 0 Å². The van der Waals surface area contributed by atoms with E-state index in [-0.39, 0.29) is 28.7 Å². The van der Waals surface area contributed by atoms with Crippen LogP contribution in [0.5, 0.6) is 0 Å². The fraction of sp³-hybridized carbons (Fsp3) is 0.909. The lowest BCUT2D eigenvalue weighted by atomic mass is 9.49. The van der Waals surface area contributed by atoms with E-state index in [0.29, 0.717) is 6.42 Å². The molecule has 0 aromatic rings. The highest BCUT2D eigenvalue weighted by molar-refractivity contribution is 6.21. The molecule has 5 heteroatoms. The number of hydrogen-bond acceptors (Lipinski definition) is 3. The Balaban J connectivity index is 2.03. The van der Waals surface area contributed by atoms with E-state index in [9.17, 15) is 10.4 Å². The first-order chi connectivity index (χ1) is 12.4. The third kappa shape index (κ3) is 3.29. The number of alkyl halides is 1. The van der Waals surface area contributed by atoms with Crippen LogP contribution < -0.4 is 0 Å². The maximum absolute atomic E-state index is 11.0. The average molecular weight is 393 g/mol. The van der Waals surface area contributed by atoms with Gasteiger partial charge in [0, 0.05) is 5.92 Å². The SMILES string of the molecule is [C-]#[N+][C@@H]1[C@H]2[C@H](CC[C@@]1(C)O)[C@@](C)(C#N)CC[C@@H]2[C@@]1(C)CC[C@H](Cl)C(C)(C)O1. The van der Waals surface area contributed by atoms with Gasteiger partial charge >= 0.3 is 0 Å². The summed E-state index contributed by atoms with van der Waals surface area (Å²) in [6.07, 6.45) is 4.79. The van der Waals surface area contributed by atoms with Crippen molar-refractivity contribution >= 4 is 11.6 Å². The maximum atomic E-state index is 11.0. The molecule has 4 nitrogen and oxygen atoms in total. The van der Waals surface area contributed by atoms with Crippen molar-refractivity contribution in [3.8, 4) is 6.07 Å². The lowest BCUT2D eigenvalue weighted by molar-refractivity contribution is -0.221. The third-order valence-corrected chi connectivity index (χ3v) is 8.75. The molecule has 0 amide bonds. The van der Waals surface area contributed by atoms with Gasteiger partial charge in [-0.1, -0.05) is 0 Å². The standard InChI is InChI=1S/C22H33ClN2O2/c1-19(2)16(23)9-12-22(5,27-19)15-7-10-20(3,13-24)14-8-11-21(4,26)18(25-6)17(14)15/h14-18,26H,7-12H2,1-5H3/t14-,15-,16-,17-,18+,20+,21+,22+/m0/s1. The molecule has 3 fully saturated rings. The molecule has 3 aliphatic rings. The number of halogens is 1. The van der Waals surface area contributed by atoms with Crippen LogP contribution in [0.1, 0.15) is 73.1 Å². The Bertz CT molecular complexity index is 679. The summed E-state index contributed by atoms with van der Waals surface area (Å²) in [4.78, 5) is 3.92.